The molecule has 0 radical (unpaired) electrons. The number of carbonyl (C=O) groups excluding carboxylic acids is 3. The first-order chi connectivity index (χ1) is 8.97. The van der Waals surface area contributed by atoms with Crippen LogP contribution in [-0.2, 0) is 28.6 Å². The van der Waals surface area contributed by atoms with Crippen LogP contribution in [0.1, 0.15) is 13.3 Å². The minimum absolute atomic E-state index is 0.0234. The average molecular weight is 273 g/mol. The third kappa shape index (κ3) is 9.78. The molecule has 1 amide bonds. The van der Waals surface area contributed by atoms with Gasteiger partial charge < -0.3 is 19.5 Å². The van der Waals surface area contributed by atoms with E-state index in [2.05, 4.69) is 11.9 Å². The molecular formula is C12H19NO6. The van der Waals surface area contributed by atoms with Gasteiger partial charge in [-0.25, -0.2) is 4.79 Å². The third-order valence-corrected chi connectivity index (χ3v) is 1.89. The van der Waals surface area contributed by atoms with Crippen molar-refractivity contribution in [1.29, 1.82) is 0 Å². The summed E-state index contributed by atoms with van der Waals surface area (Å²) in [5, 5.41) is 2.34. The predicted octanol–water partition coefficient (Wildman–Crippen LogP) is -0.198. The Morgan fingerprint density at radius 3 is 2.37 bits per heavy atom. The molecule has 0 aliphatic heterocycles. The molecule has 0 bridgehead atoms. The van der Waals surface area contributed by atoms with Crippen LogP contribution in [0, 0.1) is 0 Å². The largest absolute Gasteiger partial charge is 0.462 e. The molecular weight excluding hydrogens is 254 g/mol. The van der Waals surface area contributed by atoms with E-state index in [9.17, 15) is 14.4 Å². The fourth-order valence-corrected chi connectivity index (χ4v) is 0.909. The van der Waals surface area contributed by atoms with Crippen molar-refractivity contribution in [1.82, 2.24) is 5.32 Å². The molecule has 0 spiro atoms. The van der Waals surface area contributed by atoms with E-state index in [1.807, 2.05) is 0 Å². The number of amides is 1. The SMILES string of the molecule is C=C(C)C(=O)OCCC(=O)NCC(=O)OCCOC. The Hall–Kier alpha value is -1.89. The maximum absolute atomic E-state index is 11.3. The quantitative estimate of drug-likeness (QED) is 0.355. The van der Waals surface area contributed by atoms with Crippen molar-refractivity contribution in [3.63, 3.8) is 0 Å². The second-order valence-corrected chi connectivity index (χ2v) is 3.66. The molecule has 0 atom stereocenters. The van der Waals surface area contributed by atoms with E-state index < -0.39 is 17.8 Å². The number of ether oxygens (including phenoxy) is 3. The Labute approximate surface area is 111 Å². The van der Waals surface area contributed by atoms with Crippen molar-refractivity contribution in [2.75, 3.05) is 33.5 Å². The Kier molecular flexibility index (Phi) is 9.07. The van der Waals surface area contributed by atoms with Gasteiger partial charge in [0.2, 0.25) is 5.91 Å². The van der Waals surface area contributed by atoms with Gasteiger partial charge in [-0.15, -0.1) is 0 Å². The summed E-state index contributed by atoms with van der Waals surface area (Å²) in [5.74, 6) is -1.51. The minimum atomic E-state index is -0.552. The maximum atomic E-state index is 11.3. The molecule has 0 aromatic heterocycles. The Balaban J connectivity index is 3.61. The van der Waals surface area contributed by atoms with E-state index >= 15 is 0 Å². The number of rotatable bonds is 9. The van der Waals surface area contributed by atoms with Crippen LogP contribution in [-0.4, -0.2) is 51.3 Å². The summed E-state index contributed by atoms with van der Waals surface area (Å²) in [5.41, 5.74) is 0.266. The second kappa shape index (κ2) is 10.1. The van der Waals surface area contributed by atoms with E-state index in [0.717, 1.165) is 0 Å². The molecule has 0 rings (SSSR count). The molecule has 0 unspecified atom stereocenters. The fraction of sp³-hybridized carbons (Fsp3) is 0.583. The predicted molar refractivity (Wildman–Crippen MR) is 66.2 cm³/mol. The van der Waals surface area contributed by atoms with Crippen molar-refractivity contribution in [3.8, 4) is 0 Å². The molecule has 0 saturated carbocycles. The van der Waals surface area contributed by atoms with Crippen LogP contribution in [0.25, 0.3) is 0 Å². The number of carbonyl (C=O) groups is 3. The van der Waals surface area contributed by atoms with Crippen molar-refractivity contribution < 1.29 is 28.6 Å². The van der Waals surface area contributed by atoms with Gasteiger partial charge in [-0.3, -0.25) is 9.59 Å². The van der Waals surface area contributed by atoms with E-state index in [0.29, 0.717) is 6.61 Å². The highest BCUT2D eigenvalue weighted by Crippen LogP contribution is 1.93. The lowest BCUT2D eigenvalue weighted by Gasteiger charge is -2.06. The summed E-state index contributed by atoms with van der Waals surface area (Å²) in [6.45, 7) is 5.07. The first-order valence-electron chi connectivity index (χ1n) is 5.71. The zero-order valence-electron chi connectivity index (χ0n) is 11.2. The van der Waals surface area contributed by atoms with Crippen LogP contribution in [0.2, 0.25) is 0 Å². The number of hydrogen-bond acceptors (Lipinski definition) is 6. The Morgan fingerprint density at radius 2 is 1.79 bits per heavy atom. The van der Waals surface area contributed by atoms with Gasteiger partial charge in [-0.05, 0) is 6.92 Å². The van der Waals surface area contributed by atoms with Gasteiger partial charge in [0.25, 0.3) is 0 Å². The van der Waals surface area contributed by atoms with Crippen molar-refractivity contribution >= 4 is 17.8 Å². The summed E-state index contributed by atoms with van der Waals surface area (Å²) < 4.78 is 14.2. The van der Waals surface area contributed by atoms with Gasteiger partial charge in [0.05, 0.1) is 13.0 Å². The monoisotopic (exact) mass is 273 g/mol. The van der Waals surface area contributed by atoms with Crippen molar-refractivity contribution in [2.45, 2.75) is 13.3 Å². The topological polar surface area (TPSA) is 90.9 Å². The summed E-state index contributed by atoms with van der Waals surface area (Å²) in [6, 6.07) is 0. The van der Waals surface area contributed by atoms with E-state index in [1.165, 1.54) is 14.0 Å². The summed E-state index contributed by atoms with van der Waals surface area (Å²) >= 11 is 0. The number of nitrogens with one attached hydrogen (secondary N) is 1. The molecule has 7 nitrogen and oxygen atoms in total. The molecule has 19 heavy (non-hydrogen) atoms. The highest BCUT2D eigenvalue weighted by Gasteiger charge is 2.08. The minimum Gasteiger partial charge on any atom is -0.462 e. The lowest BCUT2D eigenvalue weighted by atomic mass is 10.3. The molecule has 0 fully saturated rings. The smallest absolute Gasteiger partial charge is 0.333 e. The fourth-order valence-electron chi connectivity index (χ4n) is 0.909. The van der Waals surface area contributed by atoms with Gasteiger partial charge in [0.15, 0.2) is 0 Å². The Bertz CT molecular complexity index is 339. The lowest BCUT2D eigenvalue weighted by Crippen LogP contribution is -2.31. The van der Waals surface area contributed by atoms with Crippen LogP contribution in [0.15, 0.2) is 12.2 Å². The van der Waals surface area contributed by atoms with Gasteiger partial charge in [0, 0.05) is 12.7 Å². The van der Waals surface area contributed by atoms with Crippen LogP contribution in [0.5, 0.6) is 0 Å². The molecule has 0 aliphatic rings. The first-order valence-corrected chi connectivity index (χ1v) is 5.71. The highest BCUT2D eigenvalue weighted by atomic mass is 16.6. The molecule has 0 heterocycles. The van der Waals surface area contributed by atoms with Crippen LogP contribution in [0.4, 0.5) is 0 Å². The number of esters is 2. The van der Waals surface area contributed by atoms with Gasteiger partial charge >= 0.3 is 11.9 Å². The van der Waals surface area contributed by atoms with E-state index in [-0.39, 0.29) is 31.8 Å². The van der Waals surface area contributed by atoms with Gasteiger partial charge in [0.1, 0.15) is 19.8 Å². The molecule has 0 aliphatic carbocycles. The van der Waals surface area contributed by atoms with Crippen LogP contribution in [0.3, 0.4) is 0 Å². The molecule has 0 aromatic rings. The molecule has 7 heteroatoms. The zero-order chi connectivity index (χ0) is 14.7. The average Bonchev–Trinajstić information content (AvgIpc) is 2.36. The second-order valence-electron chi connectivity index (χ2n) is 3.66. The standard InChI is InChI=1S/C12H19NO6/c1-9(2)12(16)19-5-4-10(14)13-8-11(15)18-7-6-17-3/h1,4-8H2,2-3H3,(H,13,14). The van der Waals surface area contributed by atoms with Gasteiger partial charge in [-0.2, -0.15) is 0 Å². The number of hydrogen-bond donors (Lipinski definition) is 1. The normalized spacial score (nSPS) is 9.58. The van der Waals surface area contributed by atoms with Crippen LogP contribution < -0.4 is 5.32 Å². The number of methoxy groups -OCH3 is 1. The van der Waals surface area contributed by atoms with E-state index in [1.54, 1.807) is 0 Å². The maximum Gasteiger partial charge on any atom is 0.333 e. The summed E-state index contributed by atoms with van der Waals surface area (Å²) in [6.07, 6.45) is -0.0234. The molecule has 1 N–H and O–H groups in total. The molecule has 0 saturated heterocycles. The Morgan fingerprint density at radius 1 is 1.11 bits per heavy atom. The van der Waals surface area contributed by atoms with Crippen molar-refractivity contribution in [2.24, 2.45) is 0 Å². The molecule has 0 aromatic carbocycles. The third-order valence-electron chi connectivity index (χ3n) is 1.89. The summed E-state index contributed by atoms with van der Waals surface area (Å²) in [4.78, 5) is 33.4. The van der Waals surface area contributed by atoms with E-state index in [4.69, 9.17) is 14.2 Å². The van der Waals surface area contributed by atoms with Gasteiger partial charge in [-0.1, -0.05) is 6.58 Å². The van der Waals surface area contributed by atoms with Crippen molar-refractivity contribution in [3.05, 3.63) is 12.2 Å². The highest BCUT2D eigenvalue weighted by molar-refractivity contribution is 5.87. The lowest BCUT2D eigenvalue weighted by molar-refractivity contribution is -0.145. The molecule has 108 valence electrons. The summed E-state index contributed by atoms with van der Waals surface area (Å²) in [7, 11) is 1.49. The van der Waals surface area contributed by atoms with Crippen LogP contribution >= 0.6 is 0 Å². The first kappa shape index (κ1) is 17.1. The zero-order valence-corrected chi connectivity index (χ0v) is 11.2.